The molecular formula is C18H24IN3O. The van der Waals surface area contributed by atoms with E-state index >= 15 is 0 Å². The molecule has 0 saturated heterocycles. The highest BCUT2D eigenvalue weighted by molar-refractivity contribution is 14.0. The van der Waals surface area contributed by atoms with Crippen LogP contribution in [0.2, 0.25) is 0 Å². The Labute approximate surface area is 155 Å². The number of nitrogens with one attached hydrogen (secondary N) is 2. The minimum Gasteiger partial charge on any atom is -0.457 e. The van der Waals surface area contributed by atoms with Gasteiger partial charge in [0, 0.05) is 18.7 Å². The summed E-state index contributed by atoms with van der Waals surface area (Å²) in [5.41, 5.74) is 1.06. The van der Waals surface area contributed by atoms with Crippen molar-refractivity contribution in [2.24, 2.45) is 4.99 Å². The fraction of sp³-hybridized carbons (Fsp3) is 0.278. The summed E-state index contributed by atoms with van der Waals surface area (Å²) in [6.07, 6.45) is 0. The van der Waals surface area contributed by atoms with E-state index in [9.17, 15) is 0 Å². The van der Waals surface area contributed by atoms with Gasteiger partial charge in [-0.05, 0) is 32.0 Å². The number of hydrogen-bond donors (Lipinski definition) is 2. The SMILES string of the molecule is CCNC(=NCc1ccccc1Oc1ccccc1)NCC.I. The van der Waals surface area contributed by atoms with Crippen LogP contribution in [-0.4, -0.2) is 19.0 Å². The van der Waals surface area contributed by atoms with Crippen LogP contribution in [0.4, 0.5) is 0 Å². The molecule has 0 spiro atoms. The lowest BCUT2D eigenvalue weighted by Gasteiger charge is -2.12. The third kappa shape index (κ3) is 6.48. The quantitative estimate of drug-likeness (QED) is 0.415. The van der Waals surface area contributed by atoms with Crippen LogP contribution in [0.3, 0.4) is 0 Å². The van der Waals surface area contributed by atoms with Gasteiger partial charge in [0.15, 0.2) is 5.96 Å². The van der Waals surface area contributed by atoms with Crippen molar-refractivity contribution in [1.29, 1.82) is 0 Å². The molecule has 2 aromatic rings. The molecule has 0 bridgehead atoms. The Balaban J connectivity index is 0.00000264. The number of benzene rings is 2. The van der Waals surface area contributed by atoms with Gasteiger partial charge in [0.1, 0.15) is 11.5 Å². The zero-order chi connectivity index (χ0) is 15.6. The third-order valence-corrected chi connectivity index (χ3v) is 3.04. The first-order valence-electron chi connectivity index (χ1n) is 7.66. The Hall–Kier alpha value is -1.76. The normalized spacial score (nSPS) is 9.48. The first-order valence-corrected chi connectivity index (χ1v) is 7.66. The second-order valence-corrected chi connectivity index (χ2v) is 4.75. The van der Waals surface area contributed by atoms with Gasteiger partial charge >= 0.3 is 0 Å². The van der Waals surface area contributed by atoms with Gasteiger partial charge in [0.05, 0.1) is 6.54 Å². The maximum atomic E-state index is 5.95. The number of hydrogen-bond acceptors (Lipinski definition) is 2. The molecule has 5 heteroatoms. The lowest BCUT2D eigenvalue weighted by Crippen LogP contribution is -2.36. The van der Waals surface area contributed by atoms with E-state index < -0.39 is 0 Å². The van der Waals surface area contributed by atoms with Crippen molar-refractivity contribution in [3.05, 3.63) is 60.2 Å². The van der Waals surface area contributed by atoms with Crippen molar-refractivity contribution in [1.82, 2.24) is 10.6 Å². The minimum absolute atomic E-state index is 0. The molecule has 0 radical (unpaired) electrons. The van der Waals surface area contributed by atoms with Gasteiger partial charge in [-0.25, -0.2) is 4.99 Å². The molecular weight excluding hydrogens is 401 g/mol. The summed E-state index contributed by atoms with van der Waals surface area (Å²) in [4.78, 5) is 4.59. The average Bonchev–Trinajstić information content (AvgIpc) is 2.55. The van der Waals surface area contributed by atoms with Crippen LogP contribution >= 0.6 is 24.0 Å². The molecule has 23 heavy (non-hydrogen) atoms. The molecule has 0 unspecified atom stereocenters. The summed E-state index contributed by atoms with van der Waals surface area (Å²) in [5, 5.41) is 6.44. The molecule has 4 nitrogen and oxygen atoms in total. The van der Waals surface area contributed by atoms with Crippen molar-refractivity contribution >= 4 is 29.9 Å². The lowest BCUT2D eigenvalue weighted by atomic mass is 10.2. The molecule has 0 aliphatic heterocycles. The zero-order valence-electron chi connectivity index (χ0n) is 13.6. The molecule has 2 aromatic carbocycles. The summed E-state index contributed by atoms with van der Waals surface area (Å²) < 4.78 is 5.95. The molecule has 0 aromatic heterocycles. The summed E-state index contributed by atoms with van der Waals surface area (Å²) >= 11 is 0. The first-order chi connectivity index (χ1) is 10.8. The van der Waals surface area contributed by atoms with E-state index in [0.29, 0.717) is 6.54 Å². The summed E-state index contributed by atoms with van der Waals surface area (Å²) in [5.74, 6) is 2.49. The van der Waals surface area contributed by atoms with E-state index in [1.165, 1.54) is 0 Å². The monoisotopic (exact) mass is 425 g/mol. The van der Waals surface area contributed by atoms with Crippen molar-refractivity contribution in [3.8, 4) is 11.5 Å². The number of guanidine groups is 1. The van der Waals surface area contributed by atoms with Gasteiger partial charge in [-0.2, -0.15) is 0 Å². The highest BCUT2D eigenvalue weighted by Gasteiger charge is 2.04. The van der Waals surface area contributed by atoms with Crippen molar-refractivity contribution in [3.63, 3.8) is 0 Å². The average molecular weight is 425 g/mol. The van der Waals surface area contributed by atoms with Gasteiger partial charge in [0.25, 0.3) is 0 Å². The maximum Gasteiger partial charge on any atom is 0.191 e. The van der Waals surface area contributed by atoms with Gasteiger partial charge in [-0.3, -0.25) is 0 Å². The highest BCUT2D eigenvalue weighted by atomic mass is 127. The molecule has 0 fully saturated rings. The smallest absolute Gasteiger partial charge is 0.191 e. The van der Waals surface area contributed by atoms with Crippen LogP contribution in [0, 0.1) is 0 Å². The van der Waals surface area contributed by atoms with Gasteiger partial charge in [-0.15, -0.1) is 24.0 Å². The fourth-order valence-corrected chi connectivity index (χ4v) is 2.02. The van der Waals surface area contributed by atoms with Crippen LogP contribution in [-0.2, 0) is 6.54 Å². The van der Waals surface area contributed by atoms with Gasteiger partial charge < -0.3 is 15.4 Å². The van der Waals surface area contributed by atoms with Crippen LogP contribution in [0.1, 0.15) is 19.4 Å². The molecule has 0 aliphatic carbocycles. The summed E-state index contributed by atoms with van der Waals surface area (Å²) in [6.45, 7) is 6.36. The Morgan fingerprint density at radius 2 is 1.52 bits per heavy atom. The zero-order valence-corrected chi connectivity index (χ0v) is 15.9. The minimum atomic E-state index is 0. The van der Waals surface area contributed by atoms with Gasteiger partial charge in [-0.1, -0.05) is 36.4 Å². The molecule has 124 valence electrons. The number of nitrogens with zero attached hydrogens (tertiary/aromatic N) is 1. The maximum absolute atomic E-state index is 5.95. The second kappa shape index (κ2) is 10.9. The molecule has 0 aliphatic rings. The van der Waals surface area contributed by atoms with E-state index in [1.807, 2.05) is 54.6 Å². The van der Waals surface area contributed by atoms with E-state index in [0.717, 1.165) is 36.1 Å². The van der Waals surface area contributed by atoms with Gasteiger partial charge in [0.2, 0.25) is 0 Å². The number of para-hydroxylation sites is 2. The Morgan fingerprint density at radius 1 is 0.913 bits per heavy atom. The van der Waals surface area contributed by atoms with Crippen molar-refractivity contribution in [2.45, 2.75) is 20.4 Å². The molecule has 0 amide bonds. The Kier molecular flexibility index (Phi) is 9.12. The number of rotatable bonds is 6. The topological polar surface area (TPSA) is 45.7 Å². The van der Waals surface area contributed by atoms with E-state index in [4.69, 9.17) is 4.74 Å². The van der Waals surface area contributed by atoms with E-state index in [2.05, 4.69) is 29.5 Å². The highest BCUT2D eigenvalue weighted by Crippen LogP contribution is 2.25. The molecule has 2 rings (SSSR count). The predicted octanol–water partition coefficient (Wildman–Crippen LogP) is 4.17. The number of ether oxygens (including phenoxy) is 1. The van der Waals surface area contributed by atoms with E-state index in [1.54, 1.807) is 0 Å². The summed E-state index contributed by atoms with van der Waals surface area (Å²) in [7, 11) is 0. The van der Waals surface area contributed by atoms with Crippen LogP contribution in [0.15, 0.2) is 59.6 Å². The number of halogens is 1. The molecule has 0 heterocycles. The van der Waals surface area contributed by atoms with Crippen LogP contribution in [0.25, 0.3) is 0 Å². The second-order valence-electron chi connectivity index (χ2n) is 4.75. The van der Waals surface area contributed by atoms with Crippen molar-refractivity contribution in [2.75, 3.05) is 13.1 Å². The number of aliphatic imine (C=N–C) groups is 1. The standard InChI is InChI=1S/C18H23N3O.HI/c1-3-19-18(20-4-2)21-14-15-10-8-9-13-17(15)22-16-11-6-5-7-12-16;/h5-13H,3-4,14H2,1-2H3,(H2,19,20,21);1H. The molecule has 0 atom stereocenters. The molecule has 2 N–H and O–H groups in total. The molecule has 0 saturated carbocycles. The first kappa shape index (κ1) is 19.3. The third-order valence-electron chi connectivity index (χ3n) is 3.04. The van der Waals surface area contributed by atoms with Crippen molar-refractivity contribution < 1.29 is 4.74 Å². The van der Waals surface area contributed by atoms with Crippen LogP contribution in [0.5, 0.6) is 11.5 Å². The largest absolute Gasteiger partial charge is 0.457 e. The van der Waals surface area contributed by atoms with E-state index in [-0.39, 0.29) is 24.0 Å². The fourth-order valence-electron chi connectivity index (χ4n) is 2.02. The predicted molar refractivity (Wildman–Crippen MR) is 107 cm³/mol. The lowest BCUT2D eigenvalue weighted by molar-refractivity contribution is 0.476. The Bertz CT molecular complexity index is 594. The summed E-state index contributed by atoms with van der Waals surface area (Å²) in [6, 6.07) is 17.8. The van der Waals surface area contributed by atoms with Crippen LogP contribution < -0.4 is 15.4 Å². The Morgan fingerprint density at radius 3 is 2.17 bits per heavy atom.